The molecule has 1 saturated carbocycles. The van der Waals surface area contributed by atoms with E-state index < -0.39 is 27.1 Å². The first-order valence-corrected chi connectivity index (χ1v) is 14.4. The minimum Gasteiger partial charge on any atom is -0.268 e. The van der Waals surface area contributed by atoms with E-state index in [-0.39, 0.29) is 29.8 Å². The van der Waals surface area contributed by atoms with Crippen molar-refractivity contribution in [2.24, 2.45) is 5.41 Å². The van der Waals surface area contributed by atoms with Crippen LogP contribution in [0.5, 0.6) is 0 Å². The van der Waals surface area contributed by atoms with Crippen LogP contribution in [0.15, 0.2) is 48.7 Å². The molecule has 0 unspecified atom stereocenters. The number of nitrogens with zero attached hydrogens (tertiary/aromatic N) is 5. The Hall–Kier alpha value is -3.86. The summed E-state index contributed by atoms with van der Waals surface area (Å²) in [7, 11) is -3.52. The van der Waals surface area contributed by atoms with Gasteiger partial charge in [0.25, 0.3) is 0 Å². The largest absolute Gasteiger partial charge is 0.268 e. The summed E-state index contributed by atoms with van der Waals surface area (Å²) in [5.41, 5.74) is 2.79. The number of hydrogen-bond acceptors (Lipinski definition) is 7. The minimum atomic E-state index is -3.52. The first kappa shape index (κ1) is 25.4. The third kappa shape index (κ3) is 3.90. The molecule has 202 valence electrons. The van der Waals surface area contributed by atoms with E-state index in [0.717, 1.165) is 36.0 Å². The van der Waals surface area contributed by atoms with Gasteiger partial charge in [-0.2, -0.15) is 5.10 Å². The van der Waals surface area contributed by atoms with Gasteiger partial charge in [0.05, 0.1) is 34.3 Å². The number of pyridine rings is 1. The first-order chi connectivity index (χ1) is 18.4. The molecular weight excluding hydrogens is 522 g/mol. The van der Waals surface area contributed by atoms with Gasteiger partial charge in [-0.15, -0.1) is 5.10 Å². The van der Waals surface area contributed by atoms with Gasteiger partial charge in [0.15, 0.2) is 5.82 Å². The lowest BCUT2D eigenvalue weighted by atomic mass is 9.66. The molecule has 1 N–H and O–H groups in total. The van der Waals surface area contributed by atoms with Crippen LogP contribution in [0.1, 0.15) is 56.7 Å². The monoisotopic (exact) mass is 550 g/mol. The van der Waals surface area contributed by atoms with Crippen LogP contribution in [-0.4, -0.2) is 39.8 Å². The highest BCUT2D eigenvalue weighted by Gasteiger charge is 2.65. The Morgan fingerprint density at radius 3 is 2.51 bits per heavy atom. The van der Waals surface area contributed by atoms with Crippen molar-refractivity contribution >= 4 is 15.8 Å². The molecule has 6 rings (SSSR count). The van der Waals surface area contributed by atoms with Gasteiger partial charge < -0.3 is 0 Å². The highest BCUT2D eigenvalue weighted by atomic mass is 32.2. The molecular formula is C28H28F2N6O2S. The van der Waals surface area contributed by atoms with Crippen LogP contribution >= 0.6 is 0 Å². The van der Waals surface area contributed by atoms with Crippen molar-refractivity contribution in [3.05, 3.63) is 82.9 Å². The average molecular weight is 551 g/mol. The lowest BCUT2D eigenvalue weighted by molar-refractivity contribution is 0.243. The van der Waals surface area contributed by atoms with Crippen molar-refractivity contribution in [1.82, 2.24) is 25.1 Å². The maximum atomic E-state index is 14.6. The maximum absolute atomic E-state index is 14.6. The molecule has 2 bridgehead atoms. The van der Waals surface area contributed by atoms with Crippen molar-refractivity contribution in [2.75, 3.05) is 11.0 Å². The maximum Gasteiger partial charge on any atom is 0.230 e. The lowest BCUT2D eigenvalue weighted by Gasteiger charge is -2.37. The van der Waals surface area contributed by atoms with E-state index >= 15 is 0 Å². The summed E-state index contributed by atoms with van der Waals surface area (Å²) in [5, 5.41) is 8.87. The van der Waals surface area contributed by atoms with Crippen LogP contribution in [0.4, 0.5) is 14.6 Å². The third-order valence-electron chi connectivity index (χ3n) is 8.20. The topological polar surface area (TPSA) is 111 Å². The fourth-order valence-electron chi connectivity index (χ4n) is 6.53. The van der Waals surface area contributed by atoms with Crippen LogP contribution in [0, 0.1) is 24.0 Å². The second kappa shape index (κ2) is 8.57. The van der Waals surface area contributed by atoms with E-state index in [2.05, 4.69) is 38.7 Å². The van der Waals surface area contributed by atoms with Gasteiger partial charge in [-0.3, -0.25) is 4.72 Å². The first-order valence-electron chi connectivity index (χ1n) is 12.5. The minimum absolute atomic E-state index is 0. The number of aryl methyl sites for hydroxylation is 1. The molecule has 0 radical (unpaired) electrons. The van der Waals surface area contributed by atoms with E-state index in [1.54, 1.807) is 31.3 Å². The van der Waals surface area contributed by atoms with Crippen LogP contribution in [0.2, 0.25) is 0 Å². The number of fused-ring (bicyclic) bond motifs is 5. The standard InChI is InChI=1S/C28H26F2N6O2S.H2/c1-15-12-16(13-23(32-15)36-39(4,37)38)26-31-11-9-22(33-26)28-10-8-18(27(28,2)3)17-14-21(34-35-25(17)28)24-19(29)6-5-7-20(24)30;/h5-7,9,11-14,18H,8,10H2,1-4H3,(H,32,36);1H/t18-,28-;/m0./s1. The molecule has 4 aromatic rings. The quantitative estimate of drug-likeness (QED) is 0.354. The van der Waals surface area contributed by atoms with Crippen molar-refractivity contribution in [2.45, 2.75) is 44.9 Å². The fourth-order valence-corrected chi connectivity index (χ4v) is 7.02. The molecule has 0 aliphatic heterocycles. The van der Waals surface area contributed by atoms with Crippen LogP contribution < -0.4 is 4.72 Å². The lowest BCUT2D eigenvalue weighted by Crippen LogP contribution is -2.38. The van der Waals surface area contributed by atoms with Gasteiger partial charge in [0.2, 0.25) is 10.0 Å². The number of hydrogen-bond donors (Lipinski definition) is 1. The summed E-state index contributed by atoms with van der Waals surface area (Å²) in [5.74, 6) is -0.650. The molecule has 8 nitrogen and oxygen atoms in total. The zero-order valence-electron chi connectivity index (χ0n) is 21.8. The number of halogens is 2. The predicted octanol–water partition coefficient (Wildman–Crippen LogP) is 5.40. The molecule has 11 heteroatoms. The van der Waals surface area contributed by atoms with Crippen molar-refractivity contribution < 1.29 is 18.6 Å². The van der Waals surface area contributed by atoms with Gasteiger partial charge in [0, 0.05) is 18.9 Å². The Balaban J connectivity index is 0.00000323. The van der Waals surface area contributed by atoms with Crippen LogP contribution in [0.25, 0.3) is 22.6 Å². The van der Waals surface area contributed by atoms with Crippen molar-refractivity contribution in [3.63, 3.8) is 0 Å². The summed E-state index contributed by atoms with van der Waals surface area (Å²) < 4.78 is 55.1. The molecule has 1 fully saturated rings. The van der Waals surface area contributed by atoms with E-state index in [0.29, 0.717) is 17.1 Å². The highest BCUT2D eigenvalue weighted by Crippen LogP contribution is 2.69. The van der Waals surface area contributed by atoms with Gasteiger partial charge in [-0.25, -0.2) is 32.2 Å². The molecule has 2 aliphatic carbocycles. The summed E-state index contributed by atoms with van der Waals surface area (Å²) in [4.78, 5) is 13.7. The number of benzene rings is 1. The van der Waals surface area contributed by atoms with Gasteiger partial charge in [-0.1, -0.05) is 19.9 Å². The molecule has 0 amide bonds. The Kier molecular flexibility index (Phi) is 5.59. The summed E-state index contributed by atoms with van der Waals surface area (Å²) in [6.45, 7) is 6.10. The van der Waals surface area contributed by atoms with E-state index in [1.807, 2.05) is 6.07 Å². The summed E-state index contributed by atoms with van der Waals surface area (Å²) >= 11 is 0. The molecule has 2 aliphatic rings. The van der Waals surface area contributed by atoms with Gasteiger partial charge in [0.1, 0.15) is 17.5 Å². The smallest absolute Gasteiger partial charge is 0.230 e. The van der Waals surface area contributed by atoms with E-state index in [4.69, 9.17) is 4.98 Å². The number of sulfonamides is 1. The Labute approximate surface area is 226 Å². The Bertz CT molecular complexity index is 1750. The van der Waals surface area contributed by atoms with E-state index in [9.17, 15) is 17.2 Å². The molecule has 0 saturated heterocycles. The normalized spacial score (nSPS) is 21.1. The van der Waals surface area contributed by atoms with Gasteiger partial charge >= 0.3 is 0 Å². The molecule has 1 aromatic carbocycles. The van der Waals surface area contributed by atoms with Crippen LogP contribution in [-0.2, 0) is 15.4 Å². The zero-order valence-corrected chi connectivity index (χ0v) is 22.6. The number of anilines is 1. The summed E-state index contributed by atoms with van der Waals surface area (Å²) in [6, 6.07) is 10.8. The van der Waals surface area contributed by atoms with E-state index in [1.165, 1.54) is 18.2 Å². The SMILES string of the molecule is Cc1cc(-c2nccc([C@@]34CC[C@@H](c5cc(-c6c(F)cccc6F)nnc53)C4(C)C)n2)cc(NS(C)(=O)=O)n1.[HH]. The Morgan fingerprint density at radius 1 is 1.05 bits per heavy atom. The molecule has 2 atom stereocenters. The number of rotatable bonds is 5. The molecule has 3 aromatic heterocycles. The van der Waals surface area contributed by atoms with Gasteiger partial charge in [-0.05, 0) is 73.1 Å². The Morgan fingerprint density at radius 2 is 1.79 bits per heavy atom. The average Bonchev–Trinajstić information content (AvgIpc) is 3.23. The predicted molar refractivity (Wildman–Crippen MR) is 145 cm³/mol. The fraction of sp³-hybridized carbons (Fsp3) is 0.321. The number of aromatic nitrogens is 5. The van der Waals surface area contributed by atoms with Crippen LogP contribution in [0.3, 0.4) is 0 Å². The highest BCUT2D eigenvalue weighted by molar-refractivity contribution is 7.92. The zero-order chi connectivity index (χ0) is 27.7. The van der Waals surface area contributed by atoms with Crippen molar-refractivity contribution in [1.29, 1.82) is 0 Å². The molecule has 0 spiro atoms. The molecule has 39 heavy (non-hydrogen) atoms. The summed E-state index contributed by atoms with van der Waals surface area (Å²) in [6.07, 6.45) is 4.40. The second-order valence-electron chi connectivity index (χ2n) is 10.9. The second-order valence-corrected chi connectivity index (χ2v) is 12.6. The number of nitrogens with one attached hydrogen (secondary N) is 1. The third-order valence-corrected chi connectivity index (χ3v) is 8.78. The molecule has 3 heterocycles. The van der Waals surface area contributed by atoms with Crippen molar-refractivity contribution in [3.8, 4) is 22.6 Å².